The molecule has 10 heteroatoms. The fraction of sp³-hybridized carbons (Fsp3) is 0. The average molecular weight is 813 g/mol. The Kier molecular flexibility index (Phi) is 8.35. The molecule has 0 radical (unpaired) electrons. The van der Waals surface area contributed by atoms with Gasteiger partial charge < -0.3 is 9.97 Å². The lowest BCUT2D eigenvalue weighted by Crippen LogP contribution is -1.88. The molecule has 56 heavy (non-hydrogen) atoms. The van der Waals surface area contributed by atoms with Gasteiger partial charge in [0.2, 0.25) is 0 Å². The number of aromatic nitrogens is 4. The number of rotatable bonds is 3. The van der Waals surface area contributed by atoms with Gasteiger partial charge in [0.25, 0.3) is 0 Å². The van der Waals surface area contributed by atoms with E-state index in [4.69, 9.17) is 56.4 Å². The maximum atomic E-state index is 16.7. The SMILES string of the molecule is Fc1c2cc3nc-2c(c2ccc([nH]2)c(-c2ccc(Cl)cc2)c2nc(c(-c4ccc(Cl)cc4)c4ccc([nH]4)c3-c3ccc(Cl)cc3)C=C2)c2ccc(Cl)cc2c1F. The summed E-state index contributed by atoms with van der Waals surface area (Å²) in [6, 6.07) is 36.6. The van der Waals surface area contributed by atoms with Crippen LogP contribution in [0.2, 0.25) is 20.1 Å². The van der Waals surface area contributed by atoms with Gasteiger partial charge >= 0.3 is 0 Å². The van der Waals surface area contributed by atoms with Crippen LogP contribution in [0.15, 0.2) is 121 Å². The minimum absolute atomic E-state index is 0.00997. The molecule has 0 unspecified atom stereocenters. The summed E-state index contributed by atoms with van der Waals surface area (Å²) in [5.74, 6) is -2.07. The van der Waals surface area contributed by atoms with Crippen molar-refractivity contribution in [2.24, 2.45) is 0 Å². The lowest BCUT2D eigenvalue weighted by Gasteiger charge is -2.06. The van der Waals surface area contributed by atoms with Gasteiger partial charge in [-0.25, -0.2) is 18.7 Å². The van der Waals surface area contributed by atoms with E-state index in [9.17, 15) is 0 Å². The predicted octanol–water partition coefficient (Wildman–Crippen LogP) is 14.9. The minimum atomic E-state index is -1.04. The summed E-state index contributed by atoms with van der Waals surface area (Å²) in [6.45, 7) is 0. The van der Waals surface area contributed by atoms with Crippen LogP contribution < -0.4 is 0 Å². The van der Waals surface area contributed by atoms with Crippen molar-refractivity contribution in [3.8, 4) is 44.6 Å². The molecule has 270 valence electrons. The quantitative estimate of drug-likeness (QED) is 0.187. The Balaban J connectivity index is 1.47. The third-order valence-electron chi connectivity index (χ3n) is 10.2. The second kappa shape index (κ2) is 13.5. The summed E-state index contributed by atoms with van der Waals surface area (Å²) in [7, 11) is 0. The first-order valence-corrected chi connectivity index (χ1v) is 19.1. The van der Waals surface area contributed by atoms with Crippen LogP contribution in [-0.2, 0) is 0 Å². The smallest absolute Gasteiger partial charge is 0.168 e. The Bertz CT molecular complexity index is 3190. The van der Waals surface area contributed by atoms with Crippen molar-refractivity contribution >= 4 is 102 Å². The number of benzene rings is 4. The van der Waals surface area contributed by atoms with Crippen molar-refractivity contribution in [1.82, 2.24) is 19.9 Å². The number of H-pyrrole nitrogens is 2. The highest BCUT2D eigenvalue weighted by Gasteiger charge is 2.24. The lowest BCUT2D eigenvalue weighted by atomic mass is 10.0. The van der Waals surface area contributed by atoms with E-state index in [1.54, 1.807) is 30.3 Å². The van der Waals surface area contributed by atoms with Crippen LogP contribution >= 0.6 is 46.4 Å². The molecular formula is C46H24Cl4F2N4. The van der Waals surface area contributed by atoms with Gasteiger partial charge in [0.05, 0.1) is 22.6 Å². The van der Waals surface area contributed by atoms with Crippen LogP contribution in [0.1, 0.15) is 11.4 Å². The summed E-state index contributed by atoms with van der Waals surface area (Å²) in [5.41, 5.74) is 9.68. The Labute approximate surface area is 338 Å². The van der Waals surface area contributed by atoms with Crippen molar-refractivity contribution in [2.75, 3.05) is 0 Å². The third kappa shape index (κ3) is 5.80. The van der Waals surface area contributed by atoms with Gasteiger partial charge in [-0.05, 0) is 113 Å². The molecule has 4 nitrogen and oxygen atoms in total. The van der Waals surface area contributed by atoms with Gasteiger partial charge in [0, 0.05) is 75.2 Å². The van der Waals surface area contributed by atoms with Crippen molar-refractivity contribution in [3.63, 3.8) is 0 Å². The molecule has 10 rings (SSSR count). The fourth-order valence-electron chi connectivity index (χ4n) is 7.64. The van der Waals surface area contributed by atoms with Crippen LogP contribution in [-0.4, -0.2) is 19.9 Å². The van der Waals surface area contributed by atoms with Gasteiger partial charge in [-0.15, -0.1) is 0 Å². The van der Waals surface area contributed by atoms with E-state index in [1.807, 2.05) is 97.1 Å². The number of aromatic amines is 2. The van der Waals surface area contributed by atoms with Gasteiger partial charge in [0.15, 0.2) is 11.6 Å². The zero-order valence-corrected chi connectivity index (χ0v) is 31.9. The molecule has 0 spiro atoms. The Morgan fingerprint density at radius 2 is 0.893 bits per heavy atom. The first-order chi connectivity index (χ1) is 27.2. The van der Waals surface area contributed by atoms with Crippen LogP contribution in [0.4, 0.5) is 8.78 Å². The van der Waals surface area contributed by atoms with Crippen LogP contribution in [0.3, 0.4) is 0 Å². The minimum Gasteiger partial charge on any atom is -0.354 e. The van der Waals surface area contributed by atoms with E-state index >= 15 is 8.78 Å². The Hall–Kier alpha value is -5.76. The number of hydrogen-bond donors (Lipinski definition) is 2. The van der Waals surface area contributed by atoms with Crippen LogP contribution in [0.5, 0.6) is 0 Å². The normalized spacial score (nSPS) is 12.0. The molecule has 1 aliphatic carbocycles. The zero-order valence-electron chi connectivity index (χ0n) is 28.9. The van der Waals surface area contributed by atoms with Crippen molar-refractivity contribution < 1.29 is 8.78 Å². The summed E-state index contributed by atoms with van der Waals surface area (Å²) in [6.07, 6.45) is 3.98. The third-order valence-corrected chi connectivity index (χ3v) is 11.2. The van der Waals surface area contributed by atoms with Crippen LogP contribution in [0, 0.1) is 11.6 Å². The maximum Gasteiger partial charge on any atom is 0.168 e. The standard InChI is InChI=1S/C46H24Cl4F2N4/c47-26-7-1-23(2-8-26)40-33-15-16-34(53-33)41(24-3-9-27(48)10-4-24)36-19-20-38(55-36)43-30-14-13-29(50)21-31(30)44(51)45(52)32-22-39(56-46(32)43)42(37-18-17-35(40)54-37)25-5-11-28(49)12-6-25/h1-22,54-55H. The molecule has 0 amide bonds. The van der Waals surface area contributed by atoms with E-state index in [0.29, 0.717) is 53.6 Å². The van der Waals surface area contributed by atoms with E-state index in [1.165, 1.54) is 6.07 Å². The second-order valence-electron chi connectivity index (χ2n) is 13.5. The Morgan fingerprint density at radius 1 is 0.429 bits per heavy atom. The molecule has 0 fully saturated rings. The lowest BCUT2D eigenvalue weighted by molar-refractivity contribution is 0.521. The highest BCUT2D eigenvalue weighted by Crippen LogP contribution is 2.43. The van der Waals surface area contributed by atoms with Gasteiger partial charge in [-0.3, -0.25) is 0 Å². The molecule has 0 saturated carbocycles. The summed E-state index contributed by atoms with van der Waals surface area (Å²) < 4.78 is 33.1. The van der Waals surface area contributed by atoms with E-state index < -0.39 is 11.6 Å². The monoisotopic (exact) mass is 810 g/mol. The first-order valence-electron chi connectivity index (χ1n) is 17.5. The molecule has 3 aliphatic rings. The molecular weight excluding hydrogens is 788 g/mol. The number of nitrogens with one attached hydrogen (secondary N) is 2. The molecule has 8 bridgehead atoms. The van der Waals surface area contributed by atoms with E-state index in [-0.39, 0.29) is 21.7 Å². The molecule has 2 N–H and O–H groups in total. The van der Waals surface area contributed by atoms with Crippen LogP contribution in [0.25, 0.3) is 101 Å². The number of fused-ring (bicyclic) bond motifs is 10. The number of hydrogen-bond acceptors (Lipinski definition) is 2. The highest BCUT2D eigenvalue weighted by molar-refractivity contribution is 6.32. The first kappa shape index (κ1) is 34.7. The van der Waals surface area contributed by atoms with Crippen molar-refractivity contribution in [1.29, 1.82) is 0 Å². The summed E-state index contributed by atoms with van der Waals surface area (Å²) in [5, 5.41) is 2.98. The molecule has 3 aromatic heterocycles. The topological polar surface area (TPSA) is 57.4 Å². The molecule has 7 aromatic rings. The number of halogens is 6. The maximum absolute atomic E-state index is 16.7. The van der Waals surface area contributed by atoms with E-state index in [0.717, 1.165) is 44.5 Å². The fourth-order valence-corrected chi connectivity index (χ4v) is 8.19. The average Bonchev–Trinajstić information content (AvgIpc) is 4.03. The zero-order chi connectivity index (χ0) is 38.2. The molecule has 0 atom stereocenters. The highest BCUT2D eigenvalue weighted by atomic mass is 35.5. The second-order valence-corrected chi connectivity index (χ2v) is 15.3. The van der Waals surface area contributed by atoms with Gasteiger partial charge in [-0.2, -0.15) is 0 Å². The van der Waals surface area contributed by atoms with Gasteiger partial charge in [0.1, 0.15) is 0 Å². The Morgan fingerprint density at radius 3 is 1.45 bits per heavy atom. The molecule has 0 saturated heterocycles. The predicted molar refractivity (Wildman–Crippen MR) is 229 cm³/mol. The summed E-state index contributed by atoms with van der Waals surface area (Å²) in [4.78, 5) is 17.7. The van der Waals surface area contributed by atoms with Gasteiger partial charge in [-0.1, -0.05) is 88.9 Å². The molecule has 5 heterocycles. The molecule has 4 aromatic carbocycles. The number of nitrogens with zero attached hydrogens (tertiary/aromatic N) is 2. The van der Waals surface area contributed by atoms with Crippen molar-refractivity contribution in [2.45, 2.75) is 0 Å². The van der Waals surface area contributed by atoms with E-state index in [2.05, 4.69) is 9.97 Å². The largest absolute Gasteiger partial charge is 0.354 e. The molecule has 2 aliphatic heterocycles. The summed E-state index contributed by atoms with van der Waals surface area (Å²) >= 11 is 25.5. The van der Waals surface area contributed by atoms with Crippen molar-refractivity contribution in [3.05, 3.63) is 164 Å².